The number of nitrogens with zero attached hydrogens (tertiary/aromatic N) is 2. The first-order chi connectivity index (χ1) is 16.6. The first kappa shape index (κ1) is 22.8. The van der Waals surface area contributed by atoms with Crippen molar-refractivity contribution in [3.05, 3.63) is 82.9 Å². The van der Waals surface area contributed by atoms with Gasteiger partial charge in [-0.05, 0) is 48.5 Å². The third kappa shape index (κ3) is 5.06. The molecule has 2 aliphatic rings. The Morgan fingerprint density at radius 2 is 1.79 bits per heavy atom. The van der Waals surface area contributed by atoms with Crippen molar-refractivity contribution in [3.8, 4) is 0 Å². The third-order valence-corrected chi connectivity index (χ3v) is 7.49. The number of benzene rings is 3. The Bertz CT molecular complexity index is 1230. The molecule has 2 N–H and O–H groups in total. The van der Waals surface area contributed by atoms with Gasteiger partial charge in [0.1, 0.15) is 0 Å². The Morgan fingerprint density at radius 3 is 2.62 bits per heavy atom. The van der Waals surface area contributed by atoms with Crippen LogP contribution in [-0.4, -0.2) is 56.0 Å². The van der Waals surface area contributed by atoms with Gasteiger partial charge < -0.3 is 15.5 Å². The minimum atomic E-state index is -0.156. The molecular weight excluding hydrogens is 468 g/mol. The molecule has 2 amide bonds. The van der Waals surface area contributed by atoms with Crippen molar-refractivity contribution in [3.63, 3.8) is 0 Å². The topological polar surface area (TPSA) is 64.7 Å². The molecule has 0 spiro atoms. The highest BCUT2D eigenvalue weighted by Gasteiger charge is 2.21. The van der Waals surface area contributed by atoms with E-state index in [1.54, 1.807) is 6.07 Å². The molecule has 1 saturated heterocycles. The molecule has 34 heavy (non-hydrogen) atoms. The van der Waals surface area contributed by atoms with Crippen molar-refractivity contribution >= 4 is 46.6 Å². The Hall–Kier alpha value is -3.00. The molecule has 0 bridgehead atoms. The summed E-state index contributed by atoms with van der Waals surface area (Å²) >= 11 is 7.65. The number of nitrogens with one attached hydrogen (secondary N) is 2. The van der Waals surface area contributed by atoms with Gasteiger partial charge in [-0.1, -0.05) is 41.6 Å². The van der Waals surface area contributed by atoms with E-state index in [2.05, 4.69) is 26.5 Å². The van der Waals surface area contributed by atoms with Crippen molar-refractivity contribution in [1.29, 1.82) is 0 Å². The normalized spacial score (nSPS) is 15.7. The molecule has 0 atom stereocenters. The second-order valence-corrected chi connectivity index (χ2v) is 9.85. The van der Waals surface area contributed by atoms with Gasteiger partial charge in [0.15, 0.2) is 0 Å². The largest absolute Gasteiger partial charge is 0.369 e. The summed E-state index contributed by atoms with van der Waals surface area (Å²) in [5, 5.41) is 6.71. The quantitative estimate of drug-likeness (QED) is 0.544. The summed E-state index contributed by atoms with van der Waals surface area (Å²) in [4.78, 5) is 31.9. The number of carbonyl (C=O) groups excluding carboxylic acids is 2. The van der Waals surface area contributed by atoms with Crippen LogP contribution in [0.1, 0.15) is 20.7 Å². The van der Waals surface area contributed by atoms with E-state index in [-0.39, 0.29) is 11.8 Å². The maximum Gasteiger partial charge on any atom is 0.256 e. The van der Waals surface area contributed by atoms with Gasteiger partial charge in [0.05, 0.1) is 11.3 Å². The molecule has 2 heterocycles. The zero-order valence-electron chi connectivity index (χ0n) is 18.6. The number of piperazine rings is 1. The first-order valence-electron chi connectivity index (χ1n) is 11.3. The van der Waals surface area contributed by atoms with E-state index in [4.69, 9.17) is 11.6 Å². The van der Waals surface area contributed by atoms with Gasteiger partial charge in [0, 0.05) is 65.3 Å². The van der Waals surface area contributed by atoms with E-state index in [0.717, 1.165) is 53.2 Å². The van der Waals surface area contributed by atoms with Gasteiger partial charge in [-0.2, -0.15) is 0 Å². The smallest absolute Gasteiger partial charge is 0.256 e. The molecule has 5 rings (SSSR count). The van der Waals surface area contributed by atoms with Crippen LogP contribution < -0.4 is 15.5 Å². The molecule has 174 valence electrons. The number of fused-ring (bicyclic) bond motifs is 2. The van der Waals surface area contributed by atoms with E-state index in [9.17, 15) is 9.59 Å². The molecule has 1 fully saturated rings. The molecule has 0 aromatic heterocycles. The molecule has 6 nitrogen and oxygen atoms in total. The lowest BCUT2D eigenvalue weighted by molar-refractivity contribution is 0.0946. The van der Waals surface area contributed by atoms with Crippen LogP contribution in [0.3, 0.4) is 0 Å². The molecule has 0 radical (unpaired) electrons. The molecule has 3 aromatic rings. The van der Waals surface area contributed by atoms with Crippen LogP contribution in [0.4, 0.5) is 11.4 Å². The molecule has 0 aliphatic carbocycles. The van der Waals surface area contributed by atoms with Gasteiger partial charge in [0.25, 0.3) is 11.8 Å². The number of rotatable bonds is 5. The van der Waals surface area contributed by atoms with Crippen LogP contribution in [0.2, 0.25) is 5.02 Å². The van der Waals surface area contributed by atoms with Crippen molar-refractivity contribution in [2.75, 3.05) is 49.5 Å². The first-order valence-corrected chi connectivity index (χ1v) is 12.5. The summed E-state index contributed by atoms with van der Waals surface area (Å²) in [7, 11) is 0. The second-order valence-electron chi connectivity index (χ2n) is 8.33. The number of carbonyl (C=O) groups is 2. The van der Waals surface area contributed by atoms with Crippen LogP contribution in [0, 0.1) is 0 Å². The van der Waals surface area contributed by atoms with E-state index >= 15 is 0 Å². The number of hydrogen-bond acceptors (Lipinski definition) is 5. The standard InChI is InChI=1S/C26H25ClN4O2S/c27-19-4-3-5-20(17-19)31-14-12-30(13-15-31)11-10-28-25(32)18-8-9-24-22(16-18)29-26(33)21-6-1-2-7-23(21)34-24/h1-9,16-17H,10-15H2,(H,28,32)(H,29,33). The zero-order chi connectivity index (χ0) is 23.5. The number of hydrogen-bond donors (Lipinski definition) is 2. The highest BCUT2D eigenvalue weighted by molar-refractivity contribution is 7.99. The molecule has 3 aromatic carbocycles. The summed E-state index contributed by atoms with van der Waals surface area (Å²) in [5.74, 6) is -0.294. The maximum atomic E-state index is 12.8. The lowest BCUT2D eigenvalue weighted by Crippen LogP contribution is -2.48. The fraction of sp³-hybridized carbons (Fsp3) is 0.231. The third-order valence-electron chi connectivity index (χ3n) is 6.10. The average Bonchev–Trinajstić information content (AvgIpc) is 2.99. The summed E-state index contributed by atoms with van der Waals surface area (Å²) in [6.07, 6.45) is 0. The molecule has 2 aliphatic heterocycles. The summed E-state index contributed by atoms with van der Waals surface area (Å²) in [6, 6.07) is 20.9. The average molecular weight is 493 g/mol. The maximum absolute atomic E-state index is 12.8. The summed E-state index contributed by atoms with van der Waals surface area (Å²) in [5.41, 5.74) is 2.99. The van der Waals surface area contributed by atoms with Crippen molar-refractivity contribution < 1.29 is 9.59 Å². The minimum Gasteiger partial charge on any atom is -0.369 e. The van der Waals surface area contributed by atoms with Gasteiger partial charge in [-0.15, -0.1) is 0 Å². The van der Waals surface area contributed by atoms with E-state index in [0.29, 0.717) is 23.4 Å². The van der Waals surface area contributed by atoms with Gasteiger partial charge in [-0.25, -0.2) is 0 Å². The highest BCUT2D eigenvalue weighted by atomic mass is 35.5. The number of anilines is 2. The predicted octanol–water partition coefficient (Wildman–Crippen LogP) is 4.61. The lowest BCUT2D eigenvalue weighted by Gasteiger charge is -2.36. The molecule has 0 saturated carbocycles. The van der Waals surface area contributed by atoms with E-state index < -0.39 is 0 Å². The van der Waals surface area contributed by atoms with Gasteiger partial charge in [-0.3, -0.25) is 14.5 Å². The van der Waals surface area contributed by atoms with Crippen LogP contribution in [-0.2, 0) is 0 Å². The fourth-order valence-electron chi connectivity index (χ4n) is 4.24. The summed E-state index contributed by atoms with van der Waals surface area (Å²) in [6.45, 7) is 5.09. The fourth-order valence-corrected chi connectivity index (χ4v) is 5.44. The number of amides is 2. The van der Waals surface area contributed by atoms with Crippen molar-refractivity contribution in [1.82, 2.24) is 10.2 Å². The van der Waals surface area contributed by atoms with E-state index in [1.807, 2.05) is 54.6 Å². The molecule has 0 unspecified atom stereocenters. The molecule has 8 heteroatoms. The van der Waals surface area contributed by atoms with Crippen LogP contribution in [0.25, 0.3) is 0 Å². The Labute approximate surface area is 208 Å². The monoisotopic (exact) mass is 492 g/mol. The predicted molar refractivity (Wildman–Crippen MR) is 137 cm³/mol. The van der Waals surface area contributed by atoms with Gasteiger partial charge in [0.2, 0.25) is 0 Å². The van der Waals surface area contributed by atoms with Crippen molar-refractivity contribution in [2.24, 2.45) is 0 Å². The zero-order valence-corrected chi connectivity index (χ0v) is 20.2. The van der Waals surface area contributed by atoms with Crippen molar-refractivity contribution in [2.45, 2.75) is 9.79 Å². The molecular formula is C26H25ClN4O2S. The Morgan fingerprint density at radius 1 is 0.971 bits per heavy atom. The SMILES string of the molecule is O=C(NCCN1CCN(c2cccc(Cl)c2)CC1)c1ccc2c(c1)NC(=O)c1ccccc1S2. The highest BCUT2D eigenvalue weighted by Crippen LogP contribution is 2.39. The van der Waals surface area contributed by atoms with Crippen LogP contribution in [0.15, 0.2) is 76.5 Å². The lowest BCUT2D eigenvalue weighted by atomic mass is 10.1. The summed E-state index contributed by atoms with van der Waals surface area (Å²) < 4.78 is 0. The van der Waals surface area contributed by atoms with E-state index in [1.165, 1.54) is 11.8 Å². The Kier molecular flexibility index (Phi) is 6.76. The van der Waals surface area contributed by atoms with Gasteiger partial charge >= 0.3 is 0 Å². The number of halogens is 1. The van der Waals surface area contributed by atoms with Crippen LogP contribution >= 0.6 is 23.4 Å². The Balaban J connectivity index is 1.13. The second kappa shape index (κ2) is 10.1. The van der Waals surface area contributed by atoms with Crippen LogP contribution in [0.5, 0.6) is 0 Å². The minimum absolute atomic E-state index is 0.138.